The van der Waals surface area contributed by atoms with E-state index in [-0.39, 0.29) is 11.9 Å². The molecule has 0 bridgehead atoms. The van der Waals surface area contributed by atoms with Gasteiger partial charge in [-0.3, -0.25) is 9.69 Å². The van der Waals surface area contributed by atoms with E-state index >= 15 is 0 Å². The van der Waals surface area contributed by atoms with Gasteiger partial charge in [0.05, 0.1) is 19.7 Å². The lowest BCUT2D eigenvalue weighted by atomic mass is 10.0. The first-order valence-corrected chi connectivity index (χ1v) is 10.5. The lowest BCUT2D eigenvalue weighted by Gasteiger charge is -2.36. The maximum atomic E-state index is 12.6. The highest BCUT2D eigenvalue weighted by molar-refractivity contribution is 5.83. The predicted octanol–water partition coefficient (Wildman–Crippen LogP) is 3.85. The Balaban J connectivity index is 1.29. The molecule has 1 atom stereocenters. The minimum Gasteiger partial charge on any atom is -0.497 e. The van der Waals surface area contributed by atoms with Gasteiger partial charge < -0.3 is 15.0 Å². The first kappa shape index (κ1) is 20.2. The van der Waals surface area contributed by atoms with Crippen LogP contribution in [0.25, 0.3) is 10.8 Å². The Labute approximate surface area is 178 Å². The molecule has 1 heterocycles. The predicted molar refractivity (Wildman–Crippen MR) is 122 cm³/mol. The zero-order valence-electron chi connectivity index (χ0n) is 17.7. The quantitative estimate of drug-likeness (QED) is 0.679. The summed E-state index contributed by atoms with van der Waals surface area (Å²) in [6, 6.07) is 22.8. The summed E-state index contributed by atoms with van der Waals surface area (Å²) >= 11 is 0. The lowest BCUT2D eigenvalue weighted by Crippen LogP contribution is -2.49. The van der Waals surface area contributed by atoms with Crippen LogP contribution in [0, 0.1) is 0 Å². The van der Waals surface area contributed by atoms with Gasteiger partial charge in [-0.05, 0) is 41.5 Å². The van der Waals surface area contributed by atoms with Crippen LogP contribution in [-0.2, 0) is 4.79 Å². The van der Waals surface area contributed by atoms with Crippen LogP contribution in [0.2, 0.25) is 0 Å². The van der Waals surface area contributed by atoms with Crippen molar-refractivity contribution in [1.29, 1.82) is 0 Å². The van der Waals surface area contributed by atoms with Gasteiger partial charge in [-0.15, -0.1) is 0 Å². The third kappa shape index (κ3) is 4.74. The minimum atomic E-state index is -0.0137. The Morgan fingerprint density at radius 1 is 0.967 bits per heavy atom. The zero-order chi connectivity index (χ0) is 20.9. The Bertz CT molecular complexity index is 1010. The van der Waals surface area contributed by atoms with E-state index in [9.17, 15) is 4.79 Å². The molecular weight excluding hydrogens is 374 g/mol. The van der Waals surface area contributed by atoms with E-state index in [0.29, 0.717) is 6.54 Å². The van der Waals surface area contributed by atoms with Crippen molar-refractivity contribution in [2.24, 2.45) is 0 Å². The second-order valence-corrected chi connectivity index (χ2v) is 7.86. The maximum absolute atomic E-state index is 12.6. The third-order valence-corrected chi connectivity index (χ3v) is 5.81. The van der Waals surface area contributed by atoms with Gasteiger partial charge in [-0.1, -0.05) is 42.5 Å². The molecule has 0 aliphatic carbocycles. The first-order chi connectivity index (χ1) is 14.6. The monoisotopic (exact) mass is 403 g/mol. The van der Waals surface area contributed by atoms with Crippen molar-refractivity contribution in [2.75, 3.05) is 44.7 Å². The van der Waals surface area contributed by atoms with E-state index in [1.54, 1.807) is 7.11 Å². The van der Waals surface area contributed by atoms with Gasteiger partial charge in [-0.25, -0.2) is 0 Å². The molecule has 0 aromatic heterocycles. The van der Waals surface area contributed by atoms with Crippen molar-refractivity contribution >= 4 is 22.4 Å². The van der Waals surface area contributed by atoms with Crippen LogP contribution in [0.5, 0.6) is 5.75 Å². The van der Waals surface area contributed by atoms with E-state index < -0.39 is 0 Å². The molecule has 1 aliphatic rings. The summed E-state index contributed by atoms with van der Waals surface area (Å²) in [6.45, 7) is 6.03. The van der Waals surface area contributed by atoms with Crippen molar-refractivity contribution in [1.82, 2.24) is 10.2 Å². The van der Waals surface area contributed by atoms with E-state index in [1.807, 2.05) is 31.2 Å². The molecule has 3 aromatic carbocycles. The second kappa shape index (κ2) is 9.18. The number of nitrogens with one attached hydrogen (secondary N) is 1. The molecule has 5 heteroatoms. The number of carbonyl (C=O) groups is 1. The van der Waals surface area contributed by atoms with Crippen LogP contribution in [0.3, 0.4) is 0 Å². The van der Waals surface area contributed by atoms with E-state index in [2.05, 4.69) is 57.6 Å². The van der Waals surface area contributed by atoms with Crippen LogP contribution in [0.4, 0.5) is 5.69 Å². The van der Waals surface area contributed by atoms with E-state index in [1.165, 1.54) is 16.5 Å². The number of hydrogen-bond donors (Lipinski definition) is 1. The standard InChI is InChI=1S/C25H29N3O2/c1-19(21-11-10-20-6-3-4-7-22(20)16-21)26-25(29)18-27-12-14-28(15-13-27)23-8-5-9-24(17-23)30-2/h3-11,16-17,19H,12-15,18H2,1-2H3,(H,26,29). The van der Waals surface area contributed by atoms with Crippen LogP contribution in [0.15, 0.2) is 66.7 Å². The SMILES string of the molecule is COc1cccc(N2CCN(CC(=O)NC(C)c3ccc4ccccc4c3)CC2)c1. The molecular formula is C25H29N3O2. The number of benzene rings is 3. The van der Waals surface area contributed by atoms with Crippen LogP contribution in [-0.4, -0.2) is 50.6 Å². The van der Waals surface area contributed by atoms with Crippen molar-refractivity contribution in [3.63, 3.8) is 0 Å². The average Bonchev–Trinajstić information content (AvgIpc) is 2.79. The molecule has 0 radical (unpaired) electrons. The largest absolute Gasteiger partial charge is 0.497 e. The Hall–Kier alpha value is -3.05. The molecule has 3 aromatic rings. The normalized spacial score (nSPS) is 15.7. The number of fused-ring (bicyclic) bond motifs is 1. The number of carbonyl (C=O) groups excluding carboxylic acids is 1. The Kier molecular flexibility index (Phi) is 6.19. The first-order valence-electron chi connectivity index (χ1n) is 10.5. The fourth-order valence-electron chi connectivity index (χ4n) is 4.02. The highest BCUT2D eigenvalue weighted by Crippen LogP contribution is 2.22. The molecule has 0 saturated carbocycles. The number of rotatable bonds is 6. The molecule has 5 nitrogen and oxygen atoms in total. The van der Waals surface area contributed by atoms with Crippen molar-refractivity contribution in [3.05, 3.63) is 72.3 Å². The Morgan fingerprint density at radius 2 is 1.73 bits per heavy atom. The summed E-state index contributed by atoms with van der Waals surface area (Å²) < 4.78 is 5.33. The van der Waals surface area contributed by atoms with Crippen molar-refractivity contribution in [2.45, 2.75) is 13.0 Å². The number of ether oxygens (including phenoxy) is 1. The van der Waals surface area contributed by atoms with Crippen molar-refractivity contribution < 1.29 is 9.53 Å². The van der Waals surface area contributed by atoms with Gasteiger partial charge in [0.1, 0.15) is 5.75 Å². The molecule has 1 saturated heterocycles. The van der Waals surface area contributed by atoms with Gasteiger partial charge in [0.2, 0.25) is 5.91 Å². The van der Waals surface area contributed by atoms with Gasteiger partial charge in [0, 0.05) is 37.9 Å². The summed E-state index contributed by atoms with van der Waals surface area (Å²) in [5.41, 5.74) is 2.30. The fraction of sp³-hybridized carbons (Fsp3) is 0.320. The van der Waals surface area contributed by atoms with Crippen molar-refractivity contribution in [3.8, 4) is 5.75 Å². The van der Waals surface area contributed by atoms with E-state index in [4.69, 9.17) is 4.74 Å². The highest BCUT2D eigenvalue weighted by Gasteiger charge is 2.20. The molecule has 1 N–H and O–H groups in total. The van der Waals surface area contributed by atoms with Crippen LogP contribution >= 0.6 is 0 Å². The van der Waals surface area contributed by atoms with Gasteiger partial charge in [0.25, 0.3) is 0 Å². The summed E-state index contributed by atoms with van der Waals surface area (Å²) in [4.78, 5) is 17.2. The third-order valence-electron chi connectivity index (χ3n) is 5.81. The summed E-state index contributed by atoms with van der Waals surface area (Å²) in [5.74, 6) is 0.947. The molecule has 0 spiro atoms. The van der Waals surface area contributed by atoms with Gasteiger partial charge in [-0.2, -0.15) is 0 Å². The molecule has 1 unspecified atom stereocenters. The number of methoxy groups -OCH3 is 1. The number of amides is 1. The average molecular weight is 404 g/mol. The smallest absolute Gasteiger partial charge is 0.234 e. The molecule has 1 fully saturated rings. The second-order valence-electron chi connectivity index (χ2n) is 7.86. The topological polar surface area (TPSA) is 44.8 Å². The Morgan fingerprint density at radius 3 is 2.50 bits per heavy atom. The molecule has 156 valence electrons. The zero-order valence-corrected chi connectivity index (χ0v) is 17.7. The number of hydrogen-bond acceptors (Lipinski definition) is 4. The lowest BCUT2D eigenvalue weighted by molar-refractivity contribution is -0.123. The summed E-state index contributed by atoms with van der Waals surface area (Å²) in [5, 5.41) is 5.57. The maximum Gasteiger partial charge on any atom is 0.234 e. The molecule has 1 aliphatic heterocycles. The number of nitrogens with zero attached hydrogens (tertiary/aromatic N) is 2. The minimum absolute atomic E-state index is 0.0137. The summed E-state index contributed by atoms with van der Waals surface area (Å²) in [7, 11) is 1.69. The number of piperazine rings is 1. The summed E-state index contributed by atoms with van der Waals surface area (Å²) in [6.07, 6.45) is 0. The molecule has 30 heavy (non-hydrogen) atoms. The van der Waals surface area contributed by atoms with E-state index in [0.717, 1.165) is 37.5 Å². The molecule has 4 rings (SSSR count). The van der Waals surface area contributed by atoms with Gasteiger partial charge >= 0.3 is 0 Å². The fourth-order valence-corrected chi connectivity index (χ4v) is 4.02. The highest BCUT2D eigenvalue weighted by atomic mass is 16.5. The van der Waals surface area contributed by atoms with Gasteiger partial charge in [0.15, 0.2) is 0 Å². The molecule has 1 amide bonds. The van der Waals surface area contributed by atoms with Crippen LogP contribution in [0.1, 0.15) is 18.5 Å². The van der Waals surface area contributed by atoms with Crippen LogP contribution < -0.4 is 15.0 Å². The number of anilines is 1.